The molecular weight excluding hydrogens is 258 g/mol. The Balaban J connectivity index is 2.59. The van der Waals surface area contributed by atoms with Crippen LogP contribution in [0, 0.1) is 12.3 Å². The SMILES string of the molecule is CCC(C)(C)Cn1c(C(C)Cl)nc2cc(C)cnc21. The zero-order valence-corrected chi connectivity index (χ0v) is 13.1. The molecule has 4 heteroatoms. The summed E-state index contributed by atoms with van der Waals surface area (Å²) in [5.74, 6) is 0.913. The molecule has 0 amide bonds. The number of fused-ring (bicyclic) bond motifs is 1. The Kier molecular flexibility index (Phi) is 3.86. The van der Waals surface area contributed by atoms with Crippen molar-refractivity contribution in [2.75, 3.05) is 0 Å². The number of pyridine rings is 1. The van der Waals surface area contributed by atoms with Crippen molar-refractivity contribution in [3.63, 3.8) is 0 Å². The molecule has 0 fully saturated rings. The van der Waals surface area contributed by atoms with E-state index in [4.69, 9.17) is 11.6 Å². The lowest BCUT2D eigenvalue weighted by atomic mass is 9.90. The van der Waals surface area contributed by atoms with Crippen LogP contribution < -0.4 is 0 Å². The molecule has 0 aliphatic carbocycles. The average Bonchev–Trinajstić information content (AvgIpc) is 2.67. The second kappa shape index (κ2) is 5.12. The first kappa shape index (κ1) is 14.3. The number of hydrogen-bond acceptors (Lipinski definition) is 2. The first-order valence-electron chi connectivity index (χ1n) is 6.81. The second-order valence-corrected chi connectivity index (χ2v) is 6.70. The van der Waals surface area contributed by atoms with Gasteiger partial charge in [-0.15, -0.1) is 11.6 Å². The summed E-state index contributed by atoms with van der Waals surface area (Å²) in [5, 5.41) is -0.109. The topological polar surface area (TPSA) is 30.7 Å². The Bertz CT molecular complexity index is 584. The highest BCUT2D eigenvalue weighted by atomic mass is 35.5. The molecule has 0 aliphatic heterocycles. The van der Waals surface area contributed by atoms with E-state index < -0.39 is 0 Å². The molecule has 0 aromatic carbocycles. The van der Waals surface area contributed by atoms with Crippen molar-refractivity contribution in [2.45, 2.75) is 53.0 Å². The summed E-state index contributed by atoms with van der Waals surface area (Å²) in [6.07, 6.45) is 3.00. The zero-order chi connectivity index (χ0) is 14.2. The van der Waals surface area contributed by atoms with E-state index in [1.807, 2.05) is 20.0 Å². The Morgan fingerprint density at radius 1 is 1.42 bits per heavy atom. The standard InChI is InChI=1S/C15H22ClN3/c1-6-15(4,5)9-19-13(11(3)16)18-12-7-10(2)8-17-14(12)19/h7-8,11H,6,9H2,1-5H3. The maximum absolute atomic E-state index is 6.28. The van der Waals surface area contributed by atoms with Gasteiger partial charge in [0.1, 0.15) is 11.3 Å². The van der Waals surface area contributed by atoms with E-state index in [9.17, 15) is 0 Å². The van der Waals surface area contributed by atoms with Crippen LogP contribution in [0.5, 0.6) is 0 Å². The van der Waals surface area contributed by atoms with Gasteiger partial charge in [0.2, 0.25) is 0 Å². The zero-order valence-electron chi connectivity index (χ0n) is 12.4. The van der Waals surface area contributed by atoms with Crippen molar-refractivity contribution in [3.8, 4) is 0 Å². The predicted octanol–water partition coefficient (Wildman–Crippen LogP) is 4.48. The third kappa shape index (κ3) is 2.92. The minimum absolute atomic E-state index is 0.109. The molecule has 19 heavy (non-hydrogen) atoms. The third-order valence-electron chi connectivity index (χ3n) is 3.65. The number of nitrogens with zero attached hydrogens (tertiary/aromatic N) is 3. The second-order valence-electron chi connectivity index (χ2n) is 6.05. The number of imidazole rings is 1. The van der Waals surface area contributed by atoms with Gasteiger partial charge in [-0.2, -0.15) is 0 Å². The van der Waals surface area contributed by atoms with Gasteiger partial charge in [-0.1, -0.05) is 20.8 Å². The highest BCUT2D eigenvalue weighted by Crippen LogP contribution is 2.29. The highest BCUT2D eigenvalue weighted by molar-refractivity contribution is 6.20. The van der Waals surface area contributed by atoms with Crippen molar-refractivity contribution in [2.24, 2.45) is 5.41 Å². The van der Waals surface area contributed by atoms with E-state index in [2.05, 4.69) is 41.4 Å². The first-order chi connectivity index (χ1) is 8.84. The number of halogens is 1. The van der Waals surface area contributed by atoms with Crippen molar-refractivity contribution in [3.05, 3.63) is 23.7 Å². The molecule has 0 N–H and O–H groups in total. The lowest BCUT2D eigenvalue weighted by Crippen LogP contribution is -2.20. The third-order valence-corrected chi connectivity index (χ3v) is 3.85. The Morgan fingerprint density at radius 3 is 2.68 bits per heavy atom. The molecule has 104 valence electrons. The quantitative estimate of drug-likeness (QED) is 0.773. The van der Waals surface area contributed by atoms with E-state index in [1.54, 1.807) is 0 Å². The van der Waals surface area contributed by atoms with Gasteiger partial charge in [0.25, 0.3) is 0 Å². The smallest absolute Gasteiger partial charge is 0.160 e. The van der Waals surface area contributed by atoms with Crippen molar-refractivity contribution >= 4 is 22.8 Å². The maximum atomic E-state index is 6.28. The number of aryl methyl sites for hydroxylation is 1. The van der Waals surface area contributed by atoms with Crippen LogP contribution in [0.15, 0.2) is 12.3 Å². The number of alkyl halides is 1. The summed E-state index contributed by atoms with van der Waals surface area (Å²) in [5.41, 5.74) is 3.21. The number of hydrogen-bond donors (Lipinski definition) is 0. The molecule has 1 atom stereocenters. The van der Waals surface area contributed by atoms with Crippen LogP contribution in [0.1, 0.15) is 50.9 Å². The average molecular weight is 280 g/mol. The first-order valence-corrected chi connectivity index (χ1v) is 7.24. The fraction of sp³-hybridized carbons (Fsp3) is 0.600. The van der Waals surface area contributed by atoms with E-state index in [0.717, 1.165) is 35.5 Å². The normalized spacial score (nSPS) is 14.0. The Hall–Kier alpha value is -1.09. The monoisotopic (exact) mass is 279 g/mol. The Labute approximate surface area is 120 Å². The molecule has 2 rings (SSSR count). The summed E-state index contributed by atoms with van der Waals surface area (Å²) in [6, 6.07) is 2.07. The molecule has 0 saturated carbocycles. The fourth-order valence-corrected chi connectivity index (χ4v) is 2.30. The molecular formula is C15H22ClN3. The molecule has 0 aliphatic rings. The molecule has 0 radical (unpaired) electrons. The van der Waals surface area contributed by atoms with Gasteiger partial charge in [-0.25, -0.2) is 9.97 Å². The molecule has 3 nitrogen and oxygen atoms in total. The van der Waals surface area contributed by atoms with Gasteiger partial charge in [0.15, 0.2) is 5.65 Å². The van der Waals surface area contributed by atoms with Crippen LogP contribution in [0.25, 0.3) is 11.2 Å². The molecule has 1 unspecified atom stereocenters. The predicted molar refractivity (Wildman–Crippen MR) is 80.6 cm³/mol. The number of aromatic nitrogens is 3. The van der Waals surface area contributed by atoms with Crippen LogP contribution in [0.2, 0.25) is 0 Å². The van der Waals surface area contributed by atoms with Crippen LogP contribution >= 0.6 is 11.6 Å². The largest absolute Gasteiger partial charge is 0.311 e. The summed E-state index contributed by atoms with van der Waals surface area (Å²) in [4.78, 5) is 9.20. The fourth-order valence-electron chi connectivity index (χ4n) is 2.13. The molecule has 0 spiro atoms. The van der Waals surface area contributed by atoms with Crippen LogP contribution in [-0.4, -0.2) is 14.5 Å². The summed E-state index contributed by atoms with van der Waals surface area (Å²) in [6.45, 7) is 11.6. The van der Waals surface area contributed by atoms with Crippen molar-refractivity contribution < 1.29 is 0 Å². The molecule has 2 heterocycles. The van der Waals surface area contributed by atoms with Gasteiger partial charge >= 0.3 is 0 Å². The Morgan fingerprint density at radius 2 is 2.11 bits per heavy atom. The maximum Gasteiger partial charge on any atom is 0.160 e. The minimum Gasteiger partial charge on any atom is -0.311 e. The van der Waals surface area contributed by atoms with Gasteiger partial charge in [0.05, 0.1) is 5.38 Å². The van der Waals surface area contributed by atoms with E-state index in [-0.39, 0.29) is 10.8 Å². The molecule has 2 aromatic heterocycles. The van der Waals surface area contributed by atoms with E-state index >= 15 is 0 Å². The van der Waals surface area contributed by atoms with Gasteiger partial charge < -0.3 is 4.57 Å². The highest BCUT2D eigenvalue weighted by Gasteiger charge is 2.22. The van der Waals surface area contributed by atoms with Crippen LogP contribution in [0.3, 0.4) is 0 Å². The van der Waals surface area contributed by atoms with Gasteiger partial charge in [-0.05, 0) is 37.3 Å². The van der Waals surface area contributed by atoms with Crippen LogP contribution in [0.4, 0.5) is 0 Å². The summed E-state index contributed by atoms with van der Waals surface area (Å²) < 4.78 is 2.18. The summed E-state index contributed by atoms with van der Waals surface area (Å²) in [7, 11) is 0. The molecule has 0 bridgehead atoms. The van der Waals surface area contributed by atoms with E-state index in [1.165, 1.54) is 0 Å². The summed E-state index contributed by atoms with van der Waals surface area (Å²) >= 11 is 6.28. The number of rotatable bonds is 4. The van der Waals surface area contributed by atoms with E-state index in [0.29, 0.717) is 0 Å². The van der Waals surface area contributed by atoms with Crippen LogP contribution in [-0.2, 0) is 6.54 Å². The molecule has 2 aromatic rings. The lowest BCUT2D eigenvalue weighted by Gasteiger charge is -2.24. The van der Waals surface area contributed by atoms with Gasteiger partial charge in [-0.3, -0.25) is 0 Å². The van der Waals surface area contributed by atoms with Crippen molar-refractivity contribution in [1.82, 2.24) is 14.5 Å². The van der Waals surface area contributed by atoms with Gasteiger partial charge in [0, 0.05) is 12.7 Å². The van der Waals surface area contributed by atoms with Crippen molar-refractivity contribution in [1.29, 1.82) is 0 Å². The minimum atomic E-state index is -0.109. The lowest BCUT2D eigenvalue weighted by molar-refractivity contribution is 0.293. The molecule has 0 saturated heterocycles.